The third-order valence-corrected chi connectivity index (χ3v) is 2.36. The van der Waals surface area contributed by atoms with Gasteiger partial charge in [0.1, 0.15) is 5.75 Å². The number of carbonyl (C=O) groups excluding carboxylic acids is 1. The van der Waals surface area contributed by atoms with Crippen molar-refractivity contribution in [1.29, 1.82) is 0 Å². The summed E-state index contributed by atoms with van der Waals surface area (Å²) in [7, 11) is 1.63. The second-order valence-corrected chi connectivity index (χ2v) is 3.56. The highest BCUT2D eigenvalue weighted by Crippen LogP contribution is 2.12. The molecule has 0 spiro atoms. The number of carbonyl (C=O) groups is 1. The van der Waals surface area contributed by atoms with Crippen molar-refractivity contribution in [2.45, 2.75) is 19.8 Å². The summed E-state index contributed by atoms with van der Waals surface area (Å²) in [6.45, 7) is 1.54. The highest BCUT2D eigenvalue weighted by molar-refractivity contribution is 5.83. The quantitative estimate of drug-likeness (QED) is 0.702. The summed E-state index contributed by atoms with van der Waals surface area (Å²) < 4.78 is 5.05. The lowest BCUT2D eigenvalue weighted by Gasteiger charge is -2.03. The van der Waals surface area contributed by atoms with Crippen molar-refractivity contribution < 1.29 is 14.6 Å². The van der Waals surface area contributed by atoms with E-state index in [1.165, 1.54) is 0 Å². The molecule has 0 bridgehead atoms. The van der Waals surface area contributed by atoms with Crippen LogP contribution < -0.4 is 9.84 Å². The molecule has 0 aliphatic carbocycles. The van der Waals surface area contributed by atoms with Crippen LogP contribution in [0.1, 0.15) is 18.9 Å². The molecule has 0 aliphatic rings. The van der Waals surface area contributed by atoms with Crippen molar-refractivity contribution in [2.24, 2.45) is 0 Å². The van der Waals surface area contributed by atoms with E-state index in [4.69, 9.17) is 4.74 Å². The number of carboxylic acid groups (broad SMARTS) is 1. The van der Waals surface area contributed by atoms with Crippen LogP contribution in [0.3, 0.4) is 0 Å². The summed E-state index contributed by atoms with van der Waals surface area (Å²) in [6, 6.07) is 7.73. The average molecular weight is 219 g/mol. The van der Waals surface area contributed by atoms with Gasteiger partial charge in [0.05, 0.1) is 13.1 Å². The fourth-order valence-corrected chi connectivity index (χ4v) is 1.33. The van der Waals surface area contributed by atoms with Gasteiger partial charge in [0.2, 0.25) is 0 Å². The van der Waals surface area contributed by atoms with Crippen molar-refractivity contribution in [1.82, 2.24) is 0 Å². The molecule has 16 heavy (non-hydrogen) atoms. The molecule has 0 heterocycles. The van der Waals surface area contributed by atoms with E-state index in [0.29, 0.717) is 6.42 Å². The Morgan fingerprint density at radius 2 is 2.00 bits per heavy atom. The number of benzene rings is 1. The Morgan fingerprint density at radius 1 is 1.38 bits per heavy atom. The van der Waals surface area contributed by atoms with Gasteiger partial charge in [0.25, 0.3) is 0 Å². The molecule has 0 unspecified atom stereocenters. The summed E-state index contributed by atoms with van der Waals surface area (Å²) in [5, 5.41) is 10.4. The number of aliphatic carboxylic acids is 1. The Kier molecular flexibility index (Phi) is 4.58. The second-order valence-electron chi connectivity index (χ2n) is 3.56. The third-order valence-electron chi connectivity index (χ3n) is 2.36. The number of ether oxygens (including phenoxy) is 1. The van der Waals surface area contributed by atoms with Crippen LogP contribution in [0.25, 0.3) is 0 Å². The Labute approximate surface area is 95.4 Å². The molecule has 0 N–H and O–H groups in total. The van der Waals surface area contributed by atoms with Crippen LogP contribution in [0.4, 0.5) is 0 Å². The summed E-state index contributed by atoms with van der Waals surface area (Å²) in [5.74, 6) is -0.278. The van der Waals surface area contributed by atoms with Crippen LogP contribution in [-0.4, -0.2) is 13.1 Å². The van der Waals surface area contributed by atoms with Crippen molar-refractivity contribution in [2.75, 3.05) is 7.11 Å². The maximum atomic E-state index is 10.4. The normalized spacial score (nSPS) is 11.2. The maximum Gasteiger partial charge on any atom is 0.118 e. The minimum Gasteiger partial charge on any atom is -0.545 e. The van der Waals surface area contributed by atoms with Gasteiger partial charge in [0, 0.05) is 0 Å². The van der Waals surface area contributed by atoms with E-state index in [2.05, 4.69) is 0 Å². The molecule has 1 aromatic carbocycles. The number of carboxylic acids is 1. The van der Waals surface area contributed by atoms with Crippen LogP contribution in [0.2, 0.25) is 0 Å². The number of aryl methyl sites for hydroxylation is 1. The topological polar surface area (TPSA) is 49.4 Å². The largest absolute Gasteiger partial charge is 0.545 e. The van der Waals surface area contributed by atoms with Gasteiger partial charge in [-0.3, -0.25) is 0 Å². The molecular formula is C13H15O3-. The van der Waals surface area contributed by atoms with E-state index in [9.17, 15) is 9.90 Å². The zero-order valence-electron chi connectivity index (χ0n) is 9.53. The highest BCUT2D eigenvalue weighted by atomic mass is 16.5. The minimum atomic E-state index is -1.10. The lowest BCUT2D eigenvalue weighted by molar-refractivity contribution is -0.299. The lowest BCUT2D eigenvalue weighted by atomic mass is 10.1. The SMILES string of the molecule is COc1ccc(CC/C=C(\C)C(=O)[O-])cc1. The van der Waals surface area contributed by atoms with Crippen LogP contribution >= 0.6 is 0 Å². The first-order valence-corrected chi connectivity index (χ1v) is 5.14. The van der Waals surface area contributed by atoms with E-state index in [0.717, 1.165) is 17.7 Å². The van der Waals surface area contributed by atoms with Crippen molar-refractivity contribution >= 4 is 5.97 Å². The third kappa shape index (κ3) is 3.77. The van der Waals surface area contributed by atoms with Crippen LogP contribution in [0.15, 0.2) is 35.9 Å². The van der Waals surface area contributed by atoms with Gasteiger partial charge in [0.15, 0.2) is 0 Å². The smallest absolute Gasteiger partial charge is 0.118 e. The molecule has 3 heteroatoms. The summed E-state index contributed by atoms with van der Waals surface area (Å²) in [5.41, 5.74) is 1.44. The van der Waals surface area contributed by atoms with Gasteiger partial charge in [-0.2, -0.15) is 0 Å². The molecule has 86 valence electrons. The molecule has 0 saturated carbocycles. The Hall–Kier alpha value is -1.77. The van der Waals surface area contributed by atoms with Crippen LogP contribution in [0, 0.1) is 0 Å². The van der Waals surface area contributed by atoms with Gasteiger partial charge >= 0.3 is 0 Å². The molecule has 0 aliphatic heterocycles. The Bertz CT molecular complexity index is 377. The van der Waals surface area contributed by atoms with E-state index in [-0.39, 0.29) is 5.57 Å². The fraction of sp³-hybridized carbons (Fsp3) is 0.308. The molecule has 0 atom stereocenters. The number of allylic oxidation sites excluding steroid dienone is 1. The predicted molar refractivity (Wildman–Crippen MR) is 60.1 cm³/mol. The molecular weight excluding hydrogens is 204 g/mol. The average Bonchev–Trinajstić information content (AvgIpc) is 2.29. The maximum absolute atomic E-state index is 10.4. The first-order chi connectivity index (χ1) is 7.63. The van der Waals surface area contributed by atoms with Crippen molar-refractivity contribution in [3.8, 4) is 5.75 Å². The molecule has 3 nitrogen and oxygen atoms in total. The monoisotopic (exact) mass is 219 g/mol. The van der Waals surface area contributed by atoms with E-state index in [1.807, 2.05) is 24.3 Å². The molecule has 1 aromatic rings. The van der Waals surface area contributed by atoms with Gasteiger partial charge in [-0.15, -0.1) is 0 Å². The first-order valence-electron chi connectivity index (χ1n) is 5.14. The van der Waals surface area contributed by atoms with Crippen LogP contribution in [-0.2, 0) is 11.2 Å². The first kappa shape index (κ1) is 12.3. The Morgan fingerprint density at radius 3 is 2.50 bits per heavy atom. The molecule has 1 rings (SSSR count). The molecule has 0 saturated heterocycles. The molecule has 0 radical (unpaired) electrons. The fourth-order valence-electron chi connectivity index (χ4n) is 1.33. The molecule has 0 aromatic heterocycles. The standard InChI is InChI=1S/C13H16O3/c1-10(13(14)15)4-3-5-11-6-8-12(16-2)9-7-11/h4,6-9H,3,5H2,1-2H3,(H,14,15)/p-1/b10-4+. The zero-order valence-corrected chi connectivity index (χ0v) is 9.53. The van der Waals surface area contributed by atoms with Gasteiger partial charge in [-0.25, -0.2) is 0 Å². The minimum absolute atomic E-state index is 0.286. The highest BCUT2D eigenvalue weighted by Gasteiger charge is 1.94. The van der Waals surface area contributed by atoms with E-state index in [1.54, 1.807) is 20.1 Å². The molecule has 0 fully saturated rings. The second kappa shape index (κ2) is 5.95. The van der Waals surface area contributed by atoms with Gasteiger partial charge < -0.3 is 14.6 Å². The number of hydrogen-bond donors (Lipinski definition) is 0. The number of hydrogen-bond acceptors (Lipinski definition) is 3. The van der Waals surface area contributed by atoms with Gasteiger partial charge in [-0.05, 0) is 43.0 Å². The van der Waals surface area contributed by atoms with Crippen molar-refractivity contribution in [3.05, 3.63) is 41.5 Å². The predicted octanol–water partition coefficient (Wildman–Crippen LogP) is 1.32. The zero-order chi connectivity index (χ0) is 12.0. The number of rotatable bonds is 5. The lowest BCUT2D eigenvalue weighted by Crippen LogP contribution is -2.22. The Balaban J connectivity index is 2.49. The van der Waals surface area contributed by atoms with E-state index < -0.39 is 5.97 Å². The summed E-state index contributed by atoms with van der Waals surface area (Å²) >= 11 is 0. The summed E-state index contributed by atoms with van der Waals surface area (Å²) in [4.78, 5) is 10.4. The molecule has 0 amide bonds. The summed E-state index contributed by atoms with van der Waals surface area (Å²) in [6.07, 6.45) is 3.19. The number of methoxy groups -OCH3 is 1. The van der Waals surface area contributed by atoms with Crippen LogP contribution in [0.5, 0.6) is 5.75 Å². The van der Waals surface area contributed by atoms with E-state index >= 15 is 0 Å². The van der Waals surface area contributed by atoms with Gasteiger partial charge in [-0.1, -0.05) is 18.2 Å². The van der Waals surface area contributed by atoms with Crippen molar-refractivity contribution in [3.63, 3.8) is 0 Å².